The average molecular weight is 437 g/mol. The van der Waals surface area contributed by atoms with Crippen molar-refractivity contribution in [1.82, 2.24) is 9.97 Å². The summed E-state index contributed by atoms with van der Waals surface area (Å²) in [5.74, 6) is -0.581. The van der Waals surface area contributed by atoms with Crippen molar-refractivity contribution in [2.24, 2.45) is 0 Å². The molecule has 162 valence electrons. The molecule has 2 aromatic carbocycles. The Kier molecular flexibility index (Phi) is 4.65. The normalized spacial score (nSPS) is 13.4. The van der Waals surface area contributed by atoms with E-state index in [1.807, 2.05) is 30.3 Å². The van der Waals surface area contributed by atoms with Crippen LogP contribution in [0.1, 0.15) is 21.5 Å². The van der Waals surface area contributed by atoms with E-state index in [1.165, 1.54) is 18.1 Å². The van der Waals surface area contributed by atoms with Crippen molar-refractivity contribution in [1.29, 1.82) is 0 Å². The number of halogens is 3. The van der Waals surface area contributed by atoms with Crippen LogP contribution in [0, 0.1) is 0 Å². The van der Waals surface area contributed by atoms with Gasteiger partial charge in [-0.3, -0.25) is 9.78 Å². The number of aromatic nitrogens is 2. The molecular formula is C24H18F3N3O2. The molecule has 0 fully saturated rings. The summed E-state index contributed by atoms with van der Waals surface area (Å²) in [5, 5.41) is 0.709. The molecule has 5 rings (SSSR count). The Morgan fingerprint density at radius 1 is 1.16 bits per heavy atom. The van der Waals surface area contributed by atoms with Crippen molar-refractivity contribution in [3.05, 3.63) is 77.7 Å². The third-order valence-electron chi connectivity index (χ3n) is 5.75. The Balaban J connectivity index is 1.52. The van der Waals surface area contributed by atoms with E-state index < -0.39 is 11.7 Å². The summed E-state index contributed by atoms with van der Waals surface area (Å²) in [6.45, 7) is 0.305. The largest absolute Gasteiger partial charge is 0.496 e. The lowest BCUT2D eigenvalue weighted by molar-refractivity contribution is -0.138. The topological polar surface area (TPSA) is 58.2 Å². The summed E-state index contributed by atoms with van der Waals surface area (Å²) >= 11 is 0. The lowest BCUT2D eigenvalue weighted by atomic mass is 10.0. The summed E-state index contributed by atoms with van der Waals surface area (Å²) in [7, 11) is 1.21. The molecular weight excluding hydrogens is 419 g/mol. The highest BCUT2D eigenvalue weighted by Crippen LogP contribution is 2.42. The van der Waals surface area contributed by atoms with Crippen LogP contribution in [-0.4, -0.2) is 29.5 Å². The molecule has 1 aliphatic rings. The SMILES string of the molecule is COc1cc2c(cc1C(F)(F)F)N(C(=O)c1c[nH]c3cc(-c4cccnc4)ccc13)CC2. The number of nitrogens with one attached hydrogen (secondary N) is 1. The smallest absolute Gasteiger partial charge is 0.420 e. The first-order chi connectivity index (χ1) is 15.4. The highest BCUT2D eigenvalue weighted by Gasteiger charge is 2.38. The lowest BCUT2D eigenvalue weighted by Crippen LogP contribution is -2.29. The van der Waals surface area contributed by atoms with Crippen LogP contribution in [0.15, 0.2) is 61.1 Å². The van der Waals surface area contributed by atoms with Gasteiger partial charge in [-0.15, -0.1) is 0 Å². The van der Waals surface area contributed by atoms with Crippen molar-refractivity contribution in [3.63, 3.8) is 0 Å². The molecule has 1 N–H and O–H groups in total. The quantitative estimate of drug-likeness (QED) is 0.463. The number of hydrogen-bond donors (Lipinski definition) is 1. The Morgan fingerprint density at radius 3 is 2.72 bits per heavy atom. The number of benzene rings is 2. The van der Waals surface area contributed by atoms with E-state index in [1.54, 1.807) is 18.6 Å². The third-order valence-corrected chi connectivity index (χ3v) is 5.75. The number of carbonyl (C=O) groups excluding carboxylic acids is 1. The van der Waals surface area contributed by atoms with Crippen molar-refractivity contribution >= 4 is 22.5 Å². The molecule has 1 aliphatic heterocycles. The van der Waals surface area contributed by atoms with E-state index in [0.717, 1.165) is 22.7 Å². The van der Waals surface area contributed by atoms with Crippen LogP contribution in [0.2, 0.25) is 0 Å². The van der Waals surface area contributed by atoms with Crippen LogP contribution in [0.4, 0.5) is 18.9 Å². The van der Waals surface area contributed by atoms with Crippen molar-refractivity contribution in [2.45, 2.75) is 12.6 Å². The van der Waals surface area contributed by atoms with Gasteiger partial charge in [-0.1, -0.05) is 18.2 Å². The van der Waals surface area contributed by atoms with Crippen LogP contribution in [0.5, 0.6) is 5.75 Å². The molecule has 0 radical (unpaired) electrons. The fraction of sp³-hybridized carbons (Fsp3) is 0.167. The number of anilines is 1. The maximum atomic E-state index is 13.5. The number of pyridine rings is 1. The molecule has 1 amide bonds. The van der Waals surface area contributed by atoms with Gasteiger partial charge >= 0.3 is 6.18 Å². The molecule has 5 nitrogen and oxygen atoms in total. The second-order valence-corrected chi connectivity index (χ2v) is 7.59. The fourth-order valence-electron chi connectivity index (χ4n) is 4.18. The minimum absolute atomic E-state index is 0.236. The predicted octanol–water partition coefficient (Wildman–Crippen LogP) is 5.46. The molecule has 0 spiro atoms. The van der Waals surface area contributed by atoms with Gasteiger partial charge < -0.3 is 14.6 Å². The molecule has 0 aliphatic carbocycles. The number of rotatable bonds is 3. The standard InChI is InChI=1S/C24H18F3N3O2/c1-32-22-10-15-6-8-30(21(15)11-19(22)24(25,26)27)23(31)18-13-29-20-9-14(4-5-17(18)20)16-3-2-7-28-12-16/h2-5,7,9-13,29H,6,8H2,1H3. The zero-order chi connectivity index (χ0) is 22.5. The van der Waals surface area contributed by atoms with Crippen LogP contribution >= 0.6 is 0 Å². The van der Waals surface area contributed by atoms with Crippen LogP contribution < -0.4 is 9.64 Å². The van der Waals surface area contributed by atoms with Gasteiger partial charge in [0.2, 0.25) is 0 Å². The van der Waals surface area contributed by atoms with Crippen molar-refractivity contribution in [3.8, 4) is 16.9 Å². The van der Waals surface area contributed by atoms with Gasteiger partial charge in [-0.25, -0.2) is 0 Å². The van der Waals surface area contributed by atoms with Gasteiger partial charge in [0.25, 0.3) is 5.91 Å². The molecule has 3 heterocycles. The number of H-pyrrole nitrogens is 1. The Bertz CT molecular complexity index is 1330. The van der Waals surface area contributed by atoms with E-state index >= 15 is 0 Å². The molecule has 0 unspecified atom stereocenters. The van der Waals surface area contributed by atoms with Crippen LogP contribution in [0.3, 0.4) is 0 Å². The van der Waals surface area contributed by atoms with Gasteiger partial charge in [0.1, 0.15) is 5.75 Å². The monoisotopic (exact) mass is 437 g/mol. The zero-order valence-electron chi connectivity index (χ0n) is 17.0. The van der Waals surface area contributed by atoms with Crippen LogP contribution in [0.25, 0.3) is 22.0 Å². The van der Waals surface area contributed by atoms with Gasteiger partial charge in [-0.05, 0) is 41.8 Å². The molecule has 0 atom stereocenters. The summed E-state index contributed by atoms with van der Waals surface area (Å²) in [4.78, 5) is 22.0. The number of fused-ring (bicyclic) bond motifs is 2. The van der Waals surface area contributed by atoms with Gasteiger partial charge in [0, 0.05) is 47.3 Å². The Hall–Kier alpha value is -3.81. The number of methoxy groups -OCH3 is 1. The lowest BCUT2D eigenvalue weighted by Gasteiger charge is -2.20. The van der Waals surface area contributed by atoms with Crippen LogP contribution in [-0.2, 0) is 12.6 Å². The Morgan fingerprint density at radius 2 is 2.00 bits per heavy atom. The highest BCUT2D eigenvalue weighted by atomic mass is 19.4. The molecule has 0 bridgehead atoms. The molecule has 0 saturated heterocycles. The number of carbonyl (C=O) groups is 1. The second-order valence-electron chi connectivity index (χ2n) is 7.59. The highest BCUT2D eigenvalue weighted by molar-refractivity contribution is 6.15. The van der Waals surface area contributed by atoms with Gasteiger partial charge in [0.15, 0.2) is 0 Å². The molecule has 32 heavy (non-hydrogen) atoms. The summed E-state index contributed by atoms with van der Waals surface area (Å²) in [6.07, 6.45) is 0.932. The summed E-state index contributed by atoms with van der Waals surface area (Å²) in [5.41, 5.74) is 3.10. The third kappa shape index (κ3) is 3.28. The fourth-order valence-corrected chi connectivity index (χ4v) is 4.18. The first-order valence-corrected chi connectivity index (χ1v) is 9.98. The zero-order valence-corrected chi connectivity index (χ0v) is 17.0. The minimum atomic E-state index is -4.58. The number of ether oxygens (including phenoxy) is 1. The molecule has 0 saturated carbocycles. The van der Waals surface area contributed by atoms with Crippen molar-refractivity contribution in [2.75, 3.05) is 18.6 Å². The molecule has 8 heteroatoms. The number of nitrogens with zero attached hydrogens (tertiary/aromatic N) is 2. The number of alkyl halides is 3. The predicted molar refractivity (Wildman–Crippen MR) is 115 cm³/mol. The maximum absolute atomic E-state index is 13.5. The van der Waals surface area contributed by atoms with E-state index in [0.29, 0.717) is 29.5 Å². The van der Waals surface area contributed by atoms with E-state index in [2.05, 4.69) is 9.97 Å². The summed E-state index contributed by atoms with van der Waals surface area (Å²) < 4.78 is 45.4. The molecule has 2 aromatic heterocycles. The molecule has 4 aromatic rings. The summed E-state index contributed by atoms with van der Waals surface area (Å²) in [6, 6.07) is 11.8. The van der Waals surface area contributed by atoms with Gasteiger partial charge in [0.05, 0.1) is 18.2 Å². The number of hydrogen-bond acceptors (Lipinski definition) is 3. The van der Waals surface area contributed by atoms with E-state index in [-0.39, 0.29) is 17.3 Å². The number of amides is 1. The maximum Gasteiger partial charge on any atom is 0.420 e. The minimum Gasteiger partial charge on any atom is -0.496 e. The van der Waals surface area contributed by atoms with Gasteiger partial charge in [-0.2, -0.15) is 13.2 Å². The second kappa shape index (κ2) is 7.40. The van der Waals surface area contributed by atoms with Crippen molar-refractivity contribution < 1.29 is 22.7 Å². The number of aromatic amines is 1. The van der Waals surface area contributed by atoms with E-state index in [4.69, 9.17) is 4.74 Å². The first-order valence-electron chi connectivity index (χ1n) is 9.98. The Labute approximate surface area is 181 Å². The first kappa shape index (κ1) is 20.1. The van der Waals surface area contributed by atoms with E-state index in [9.17, 15) is 18.0 Å². The average Bonchev–Trinajstić information content (AvgIpc) is 3.41.